The number of carbonyl (C=O) groups excluding carboxylic acids is 2. The molecule has 10 nitrogen and oxygen atoms in total. The fourth-order valence-corrected chi connectivity index (χ4v) is 3.59. The molecule has 0 saturated heterocycles. The highest BCUT2D eigenvalue weighted by molar-refractivity contribution is 6.28. The molecule has 0 unspecified atom stereocenters. The van der Waals surface area contributed by atoms with Crippen LogP contribution in [0.25, 0.3) is 11.0 Å². The van der Waals surface area contributed by atoms with Gasteiger partial charge in [-0.1, -0.05) is 27.4 Å². The van der Waals surface area contributed by atoms with E-state index < -0.39 is 17.2 Å². The van der Waals surface area contributed by atoms with Crippen molar-refractivity contribution in [3.63, 3.8) is 0 Å². The Hall–Kier alpha value is -4.21. The van der Waals surface area contributed by atoms with Crippen molar-refractivity contribution in [1.29, 1.82) is 0 Å². The average Bonchev–Trinajstić information content (AvgIpc) is 3.21. The van der Waals surface area contributed by atoms with Crippen LogP contribution in [0.3, 0.4) is 0 Å². The molecule has 180 valence electrons. The van der Waals surface area contributed by atoms with Gasteiger partial charge in [0.1, 0.15) is 17.0 Å². The number of amides is 2. The van der Waals surface area contributed by atoms with E-state index in [2.05, 4.69) is 32.0 Å². The Balaban J connectivity index is 1.82. The molecule has 4 rings (SSSR count). The number of rotatable bonds is 3. The number of hydrogen-bond acceptors (Lipinski definition) is 6. The summed E-state index contributed by atoms with van der Waals surface area (Å²) in [6.07, 6.45) is 1.51. The predicted molar refractivity (Wildman–Crippen MR) is 135 cm³/mol. The van der Waals surface area contributed by atoms with Crippen LogP contribution in [0.5, 0.6) is 0 Å². The first-order valence-electron chi connectivity index (χ1n) is 11.2. The number of fused-ring (bicyclic) bond motifs is 1. The van der Waals surface area contributed by atoms with Crippen molar-refractivity contribution >= 4 is 40.3 Å². The minimum Gasteiger partial charge on any atom is -0.332 e. The number of hydrogen-bond donors (Lipinski definition) is 1. The summed E-state index contributed by atoms with van der Waals surface area (Å²) in [5.74, 6) is -0.898. The lowest BCUT2D eigenvalue weighted by Gasteiger charge is -2.14. The summed E-state index contributed by atoms with van der Waals surface area (Å²) >= 11 is 0. The summed E-state index contributed by atoms with van der Waals surface area (Å²) in [6, 6.07) is 5.10. The number of pyridine rings is 2. The molecule has 0 aliphatic carbocycles. The van der Waals surface area contributed by atoms with Crippen LogP contribution in [0.1, 0.15) is 56.4 Å². The monoisotopic (exact) mass is 473 g/mol. The lowest BCUT2D eigenvalue weighted by atomic mass is 9.92. The van der Waals surface area contributed by atoms with Crippen molar-refractivity contribution < 1.29 is 9.59 Å². The van der Waals surface area contributed by atoms with E-state index in [4.69, 9.17) is 0 Å². The second-order valence-electron chi connectivity index (χ2n) is 9.41. The molecule has 1 aliphatic heterocycles. The molecule has 0 atom stereocenters. The van der Waals surface area contributed by atoms with Gasteiger partial charge in [-0.15, -0.1) is 0 Å². The highest BCUT2D eigenvalue weighted by atomic mass is 16.2. The van der Waals surface area contributed by atoms with Gasteiger partial charge in [0.25, 0.3) is 17.8 Å². The van der Waals surface area contributed by atoms with Crippen LogP contribution in [-0.2, 0) is 16.8 Å². The average molecular weight is 474 g/mol. The fourth-order valence-electron chi connectivity index (χ4n) is 3.59. The molecular weight excluding hydrogens is 446 g/mol. The SMILES string of the molecule is C=C1C(=O)N=C(n2nc(C(C)(C)C)cc2NC(=O)c2cn(CC)c3nc(C)ccc3c2=O)N=C1C. The van der Waals surface area contributed by atoms with E-state index in [-0.39, 0.29) is 28.3 Å². The number of aliphatic imine (C=N–C) groups is 2. The van der Waals surface area contributed by atoms with E-state index in [0.717, 1.165) is 5.69 Å². The normalized spacial score (nSPS) is 14.2. The molecule has 2 amide bonds. The molecule has 0 bridgehead atoms. The number of nitrogens with zero attached hydrogens (tertiary/aromatic N) is 6. The van der Waals surface area contributed by atoms with E-state index in [1.165, 1.54) is 10.9 Å². The van der Waals surface area contributed by atoms with E-state index in [0.29, 0.717) is 29.0 Å². The highest BCUT2D eigenvalue weighted by Crippen LogP contribution is 2.25. The van der Waals surface area contributed by atoms with Crippen molar-refractivity contribution in [2.75, 3.05) is 5.32 Å². The Bertz CT molecular complexity index is 1530. The van der Waals surface area contributed by atoms with E-state index in [1.54, 1.807) is 29.7 Å². The molecule has 0 fully saturated rings. The molecule has 0 spiro atoms. The Morgan fingerprint density at radius 3 is 2.49 bits per heavy atom. The van der Waals surface area contributed by atoms with Gasteiger partial charge in [0, 0.05) is 29.9 Å². The smallest absolute Gasteiger partial charge is 0.281 e. The van der Waals surface area contributed by atoms with Gasteiger partial charge in [-0.25, -0.2) is 9.98 Å². The molecule has 0 radical (unpaired) electrons. The molecule has 1 aliphatic rings. The van der Waals surface area contributed by atoms with Crippen LogP contribution in [0.4, 0.5) is 5.82 Å². The number of anilines is 1. The standard InChI is InChI=1S/C25H27N7O3/c1-8-31-12-17(20(33)16-10-9-13(2)26-21(16)31)23(35)28-19-11-18(25(5,6)7)30-32(19)24-27-15(4)14(3)22(34)29-24/h9-12H,3,8H2,1-2,4-7H3,(H,28,35). The van der Waals surface area contributed by atoms with Gasteiger partial charge in [-0.2, -0.15) is 14.8 Å². The van der Waals surface area contributed by atoms with Gasteiger partial charge in [0.15, 0.2) is 0 Å². The molecule has 0 saturated carbocycles. The maximum atomic E-state index is 13.3. The van der Waals surface area contributed by atoms with Crippen molar-refractivity contribution in [2.24, 2.45) is 9.98 Å². The third-order valence-corrected chi connectivity index (χ3v) is 5.72. The third-order valence-electron chi connectivity index (χ3n) is 5.72. The third kappa shape index (κ3) is 4.34. The lowest BCUT2D eigenvalue weighted by molar-refractivity contribution is -0.113. The largest absolute Gasteiger partial charge is 0.332 e. The molecule has 4 heterocycles. The van der Waals surface area contributed by atoms with Crippen molar-refractivity contribution in [3.05, 3.63) is 63.7 Å². The minimum atomic E-state index is -0.617. The summed E-state index contributed by atoms with van der Waals surface area (Å²) in [4.78, 5) is 51.6. The molecular formula is C25H27N7O3. The zero-order chi connectivity index (χ0) is 25.7. The Kier molecular flexibility index (Phi) is 5.84. The van der Waals surface area contributed by atoms with Crippen LogP contribution in [0, 0.1) is 6.92 Å². The summed E-state index contributed by atoms with van der Waals surface area (Å²) in [6.45, 7) is 15.5. The van der Waals surface area contributed by atoms with Crippen LogP contribution >= 0.6 is 0 Å². The summed E-state index contributed by atoms with van der Waals surface area (Å²) in [5.41, 5.74) is 1.72. The molecule has 3 aromatic heterocycles. The van der Waals surface area contributed by atoms with Crippen LogP contribution < -0.4 is 10.7 Å². The Morgan fingerprint density at radius 2 is 1.86 bits per heavy atom. The fraction of sp³-hybridized carbons (Fsp3) is 0.320. The first-order chi connectivity index (χ1) is 16.4. The Morgan fingerprint density at radius 1 is 1.14 bits per heavy atom. The van der Waals surface area contributed by atoms with Gasteiger partial charge in [-0.3, -0.25) is 14.4 Å². The van der Waals surface area contributed by atoms with Crippen LogP contribution in [0.2, 0.25) is 0 Å². The first-order valence-corrected chi connectivity index (χ1v) is 11.2. The van der Waals surface area contributed by atoms with Gasteiger partial charge >= 0.3 is 0 Å². The number of carbonyl (C=O) groups is 2. The number of aromatic nitrogens is 4. The topological polar surface area (TPSA) is 124 Å². The zero-order valence-corrected chi connectivity index (χ0v) is 20.6. The maximum Gasteiger partial charge on any atom is 0.281 e. The second-order valence-corrected chi connectivity index (χ2v) is 9.41. The molecule has 1 N–H and O–H groups in total. The minimum absolute atomic E-state index is 0.00913. The van der Waals surface area contributed by atoms with Crippen LogP contribution in [-0.4, -0.2) is 42.8 Å². The van der Waals surface area contributed by atoms with Crippen molar-refractivity contribution in [2.45, 2.75) is 53.5 Å². The van der Waals surface area contributed by atoms with Crippen molar-refractivity contribution in [1.82, 2.24) is 19.3 Å². The molecule has 0 aromatic carbocycles. The van der Waals surface area contributed by atoms with Crippen LogP contribution in [0.15, 0.2) is 51.3 Å². The first kappa shape index (κ1) is 23.9. The second kappa shape index (κ2) is 8.53. The van der Waals surface area contributed by atoms with E-state index in [1.807, 2.05) is 34.6 Å². The predicted octanol–water partition coefficient (Wildman–Crippen LogP) is 3.23. The lowest BCUT2D eigenvalue weighted by Crippen LogP contribution is -2.28. The molecule has 35 heavy (non-hydrogen) atoms. The maximum absolute atomic E-state index is 13.3. The summed E-state index contributed by atoms with van der Waals surface area (Å²) in [7, 11) is 0. The molecule has 10 heteroatoms. The van der Waals surface area contributed by atoms with Crippen molar-refractivity contribution in [3.8, 4) is 0 Å². The number of nitrogens with one attached hydrogen (secondary N) is 1. The van der Waals surface area contributed by atoms with Gasteiger partial charge in [-0.05, 0) is 32.9 Å². The number of aryl methyl sites for hydroxylation is 2. The quantitative estimate of drug-likeness (QED) is 0.585. The van der Waals surface area contributed by atoms with E-state index >= 15 is 0 Å². The van der Waals surface area contributed by atoms with Gasteiger partial charge in [0.05, 0.1) is 22.4 Å². The summed E-state index contributed by atoms with van der Waals surface area (Å²) < 4.78 is 3.07. The summed E-state index contributed by atoms with van der Waals surface area (Å²) in [5, 5.41) is 7.68. The van der Waals surface area contributed by atoms with Gasteiger partial charge < -0.3 is 9.88 Å². The van der Waals surface area contributed by atoms with E-state index in [9.17, 15) is 14.4 Å². The highest BCUT2D eigenvalue weighted by Gasteiger charge is 2.26. The van der Waals surface area contributed by atoms with Gasteiger partial charge in [0.2, 0.25) is 5.43 Å². The zero-order valence-electron chi connectivity index (χ0n) is 20.6. The Labute approximate surface area is 202 Å². The molecule has 3 aromatic rings.